The van der Waals surface area contributed by atoms with E-state index in [1.807, 2.05) is 6.07 Å². The van der Waals surface area contributed by atoms with Gasteiger partial charge in [0.25, 0.3) is 0 Å². The molecule has 12 rings (SSSR count). The number of anilines is 2. The van der Waals surface area contributed by atoms with Crippen LogP contribution in [-0.4, -0.2) is 12.5 Å². The molecule has 1 heterocycles. The molecule has 0 N–H and O–H groups in total. The smallest absolute Gasteiger partial charge is 0.0543 e. The van der Waals surface area contributed by atoms with E-state index in [0.29, 0.717) is 0 Å². The van der Waals surface area contributed by atoms with Crippen LogP contribution in [-0.2, 0) is 10.8 Å². The summed E-state index contributed by atoms with van der Waals surface area (Å²) in [6.07, 6.45) is 9.58. The number of para-hydroxylation sites is 1. The molecular weight excluding hydrogens is 791 g/mol. The molecule has 2 heteroatoms. The zero-order valence-electron chi connectivity index (χ0n) is 37.5. The number of fused-ring (bicyclic) bond motifs is 8. The molecule has 1 aliphatic heterocycles. The molecule has 0 bridgehead atoms. The van der Waals surface area contributed by atoms with E-state index in [2.05, 4.69) is 227 Å². The van der Waals surface area contributed by atoms with Crippen molar-refractivity contribution in [2.24, 2.45) is 0 Å². The SMILES string of the molecule is CC1(C)c2cc(-c3ccccc3)ccc2-c2ccc(N(C3=CC4=C(CC3)c3ccc(-c5cccc6c5-c5ccccc5C6(C)C)cc3S4(C)C)c3ccccc3-c3c#cccc3)cc21. The number of benzene rings is 7. The van der Waals surface area contributed by atoms with Crippen LogP contribution in [0.3, 0.4) is 0 Å². The quantitative estimate of drug-likeness (QED) is 0.161. The van der Waals surface area contributed by atoms with Crippen molar-refractivity contribution in [1.29, 1.82) is 0 Å². The highest BCUT2D eigenvalue weighted by Gasteiger charge is 2.40. The van der Waals surface area contributed by atoms with Crippen LogP contribution in [0.4, 0.5) is 11.4 Å². The number of nitrogens with zero attached hydrogens (tertiary/aromatic N) is 1. The predicted octanol–water partition coefficient (Wildman–Crippen LogP) is 16.6. The number of allylic oxidation sites excluding steroid dienone is 3. The van der Waals surface area contributed by atoms with Gasteiger partial charge >= 0.3 is 0 Å². The Labute approximate surface area is 380 Å². The van der Waals surface area contributed by atoms with Gasteiger partial charge in [-0.15, -0.1) is 0 Å². The first-order valence-electron chi connectivity index (χ1n) is 22.7. The van der Waals surface area contributed by atoms with Crippen molar-refractivity contribution in [2.45, 2.75) is 56.3 Å². The van der Waals surface area contributed by atoms with Gasteiger partial charge in [-0.05, 0) is 157 Å². The molecular formula is C62H51NS. The number of rotatable bonds is 6. The third-order valence-electron chi connectivity index (χ3n) is 14.9. The fourth-order valence-electron chi connectivity index (χ4n) is 11.6. The molecule has 8 aromatic rings. The lowest BCUT2D eigenvalue weighted by Gasteiger charge is -2.36. The Balaban J connectivity index is 0.977. The Kier molecular flexibility index (Phi) is 8.56. The molecule has 0 atom stereocenters. The van der Waals surface area contributed by atoms with Crippen LogP contribution in [0.1, 0.15) is 68.4 Å². The molecule has 310 valence electrons. The summed E-state index contributed by atoms with van der Waals surface area (Å²) in [5.41, 5.74) is 24.8. The lowest BCUT2D eigenvalue weighted by molar-refractivity contribution is 0.660. The minimum Gasteiger partial charge on any atom is -0.314 e. The molecule has 0 saturated heterocycles. The number of hydrogen-bond donors (Lipinski definition) is 0. The van der Waals surface area contributed by atoms with Crippen molar-refractivity contribution in [1.82, 2.24) is 0 Å². The maximum Gasteiger partial charge on any atom is 0.0543 e. The van der Waals surface area contributed by atoms with Gasteiger partial charge in [0.05, 0.1) is 5.69 Å². The summed E-state index contributed by atoms with van der Waals surface area (Å²) in [7, 11) is -1.35. The lowest BCUT2D eigenvalue weighted by Crippen LogP contribution is -2.21. The van der Waals surface area contributed by atoms with Crippen LogP contribution in [0.5, 0.6) is 0 Å². The minimum absolute atomic E-state index is 0.0310. The van der Waals surface area contributed by atoms with Gasteiger partial charge < -0.3 is 4.90 Å². The standard InChI is InChI=1S/C62H51NS/c1-61(2)53-25-15-13-23-52(53)60-47(24-17-26-54(60)61)43-29-33-50-51-35-31-45(39-59(51)64(5,6)58(50)37-43)63(57-27-16-14-22-46(57)41-20-11-8-12-21-41)44-30-34-49-48-32-28-42(40-18-9-7-10-19-40)36-55(48)62(3,4)56(49)38-44/h7-11,13-20,22-30,32-34,36-39H,31,35H2,1-6H3. The molecule has 0 spiro atoms. The van der Waals surface area contributed by atoms with E-state index >= 15 is 0 Å². The van der Waals surface area contributed by atoms with Gasteiger partial charge in [-0.2, -0.15) is 10.0 Å². The first kappa shape index (κ1) is 38.9. The highest BCUT2D eigenvalue weighted by molar-refractivity contribution is 8.36. The van der Waals surface area contributed by atoms with Crippen LogP contribution in [0, 0.1) is 12.1 Å². The third-order valence-corrected chi connectivity index (χ3v) is 17.8. The van der Waals surface area contributed by atoms with Crippen molar-refractivity contribution >= 4 is 27.0 Å². The second-order valence-corrected chi connectivity index (χ2v) is 23.0. The molecule has 1 nitrogen and oxygen atoms in total. The van der Waals surface area contributed by atoms with Gasteiger partial charge in [0.15, 0.2) is 0 Å². The van der Waals surface area contributed by atoms with Crippen LogP contribution in [0.15, 0.2) is 191 Å². The van der Waals surface area contributed by atoms with E-state index in [4.69, 9.17) is 0 Å². The molecule has 0 aromatic heterocycles. The topological polar surface area (TPSA) is 3.24 Å². The monoisotopic (exact) mass is 841 g/mol. The zero-order valence-corrected chi connectivity index (χ0v) is 38.3. The van der Waals surface area contributed by atoms with E-state index in [1.54, 1.807) is 0 Å². The van der Waals surface area contributed by atoms with Crippen LogP contribution >= 0.6 is 10.0 Å². The predicted molar refractivity (Wildman–Crippen MR) is 273 cm³/mol. The molecule has 64 heavy (non-hydrogen) atoms. The fourth-order valence-corrected chi connectivity index (χ4v) is 14.3. The van der Waals surface area contributed by atoms with Crippen molar-refractivity contribution in [3.8, 4) is 55.6 Å². The summed E-state index contributed by atoms with van der Waals surface area (Å²) >= 11 is 0. The Morgan fingerprint density at radius 1 is 0.500 bits per heavy atom. The average molecular weight is 842 g/mol. The van der Waals surface area contributed by atoms with E-state index in [0.717, 1.165) is 24.0 Å². The van der Waals surface area contributed by atoms with Gasteiger partial charge in [-0.25, -0.2) is 0 Å². The van der Waals surface area contributed by atoms with Gasteiger partial charge in [0.2, 0.25) is 0 Å². The van der Waals surface area contributed by atoms with Crippen molar-refractivity contribution in [3.63, 3.8) is 0 Å². The van der Waals surface area contributed by atoms with Gasteiger partial charge in [0.1, 0.15) is 0 Å². The molecule has 8 aromatic carbocycles. The second-order valence-electron chi connectivity index (χ2n) is 19.5. The second kappa shape index (κ2) is 14.1. The zero-order chi connectivity index (χ0) is 43.5. The lowest BCUT2D eigenvalue weighted by atomic mass is 9.81. The molecule has 0 amide bonds. The molecule has 0 saturated carbocycles. The summed E-state index contributed by atoms with van der Waals surface area (Å²) in [4.78, 5) is 5.59. The molecule has 4 aliphatic rings. The molecule has 0 fully saturated rings. The van der Waals surface area contributed by atoms with Crippen LogP contribution in [0.25, 0.3) is 61.2 Å². The summed E-state index contributed by atoms with van der Waals surface area (Å²) < 4.78 is 0. The van der Waals surface area contributed by atoms with Crippen LogP contribution in [0.2, 0.25) is 0 Å². The van der Waals surface area contributed by atoms with Crippen molar-refractivity contribution in [2.75, 3.05) is 17.4 Å². The van der Waals surface area contributed by atoms with E-state index in [9.17, 15) is 0 Å². The first-order chi connectivity index (χ1) is 31.0. The average Bonchev–Trinajstić information content (AvgIpc) is 3.81. The van der Waals surface area contributed by atoms with Gasteiger partial charge in [-0.1, -0.05) is 167 Å². The fraction of sp³-hybridized carbons (Fsp3) is 0.161. The molecule has 0 radical (unpaired) electrons. The Hall–Kier alpha value is -6.79. The summed E-state index contributed by atoms with van der Waals surface area (Å²) in [6, 6.07) is 70.2. The van der Waals surface area contributed by atoms with Gasteiger partial charge in [0, 0.05) is 38.2 Å². The maximum absolute atomic E-state index is 3.45. The van der Waals surface area contributed by atoms with E-state index in [1.165, 1.54) is 105 Å². The summed E-state index contributed by atoms with van der Waals surface area (Å²) in [5, 5.41) is 0. The van der Waals surface area contributed by atoms with Crippen molar-refractivity contribution in [3.05, 3.63) is 226 Å². The Morgan fingerprint density at radius 2 is 1.17 bits per heavy atom. The normalized spacial score (nSPS) is 16.9. The summed E-state index contributed by atoms with van der Waals surface area (Å²) in [6.45, 7) is 9.56. The summed E-state index contributed by atoms with van der Waals surface area (Å²) in [5.74, 6) is 0. The Bertz CT molecular complexity index is 3290. The third kappa shape index (κ3) is 5.67. The van der Waals surface area contributed by atoms with Crippen molar-refractivity contribution < 1.29 is 0 Å². The Morgan fingerprint density at radius 3 is 1.98 bits per heavy atom. The van der Waals surface area contributed by atoms with Gasteiger partial charge in [-0.3, -0.25) is 0 Å². The highest BCUT2D eigenvalue weighted by atomic mass is 32.3. The first-order valence-corrected chi connectivity index (χ1v) is 25.1. The molecule has 0 unspecified atom stereocenters. The van der Waals surface area contributed by atoms with Crippen LogP contribution < -0.4 is 4.90 Å². The van der Waals surface area contributed by atoms with E-state index in [-0.39, 0.29) is 10.8 Å². The molecule has 3 aliphatic carbocycles. The van der Waals surface area contributed by atoms with E-state index < -0.39 is 10.0 Å². The minimum atomic E-state index is -1.35. The highest BCUT2D eigenvalue weighted by Crippen LogP contribution is 2.68. The number of hydrogen-bond acceptors (Lipinski definition) is 1. The maximum atomic E-state index is 3.45. The largest absolute Gasteiger partial charge is 0.314 e.